The number of para-hydroxylation sites is 1. The number of aromatic nitrogens is 3. The van der Waals surface area contributed by atoms with Gasteiger partial charge < -0.3 is 15.4 Å². The van der Waals surface area contributed by atoms with E-state index in [9.17, 15) is 4.79 Å². The Balaban J connectivity index is 1.59. The van der Waals surface area contributed by atoms with Crippen molar-refractivity contribution in [2.24, 2.45) is 0 Å². The summed E-state index contributed by atoms with van der Waals surface area (Å²) in [6.07, 6.45) is 0. The predicted octanol–water partition coefficient (Wildman–Crippen LogP) is 5.19. The molecule has 0 aliphatic carbocycles. The van der Waals surface area contributed by atoms with Gasteiger partial charge in [0, 0.05) is 16.9 Å². The van der Waals surface area contributed by atoms with Gasteiger partial charge in [-0.15, -0.1) is 5.10 Å². The zero-order chi connectivity index (χ0) is 23.7. The van der Waals surface area contributed by atoms with Crippen LogP contribution in [0.3, 0.4) is 0 Å². The Kier molecular flexibility index (Phi) is 5.59. The van der Waals surface area contributed by atoms with Gasteiger partial charge in [-0.25, -0.2) is 4.68 Å². The average molecular weight is 452 g/mol. The number of ether oxygens (including phenoxy) is 1. The smallest absolute Gasteiger partial charge is 0.255 e. The number of fused-ring (bicyclic) bond motifs is 1. The van der Waals surface area contributed by atoms with Gasteiger partial charge in [0.05, 0.1) is 12.7 Å². The fourth-order valence-corrected chi connectivity index (χ4v) is 4.18. The molecule has 0 bridgehead atoms. The summed E-state index contributed by atoms with van der Waals surface area (Å²) in [7, 11) is 1.63. The lowest BCUT2D eigenvalue weighted by Crippen LogP contribution is -2.31. The molecule has 7 nitrogen and oxygen atoms in total. The third-order valence-corrected chi connectivity index (χ3v) is 5.83. The number of anilines is 2. The molecular formula is C27H25N5O2. The molecule has 1 unspecified atom stereocenters. The second kappa shape index (κ2) is 8.86. The molecule has 0 saturated carbocycles. The lowest BCUT2D eigenvalue weighted by atomic mass is 9.94. The Morgan fingerprint density at radius 2 is 1.76 bits per heavy atom. The van der Waals surface area contributed by atoms with E-state index >= 15 is 0 Å². The van der Waals surface area contributed by atoms with Crippen molar-refractivity contribution in [2.75, 3.05) is 17.7 Å². The van der Waals surface area contributed by atoms with Crippen molar-refractivity contribution >= 4 is 17.5 Å². The van der Waals surface area contributed by atoms with Crippen LogP contribution in [-0.4, -0.2) is 27.8 Å². The molecule has 1 aromatic heterocycles. The first-order chi connectivity index (χ1) is 16.5. The topological polar surface area (TPSA) is 81.1 Å². The van der Waals surface area contributed by atoms with Gasteiger partial charge in [-0.1, -0.05) is 48.0 Å². The number of methoxy groups -OCH3 is 1. The molecule has 1 aliphatic heterocycles. The van der Waals surface area contributed by atoms with Crippen molar-refractivity contribution in [3.8, 4) is 17.1 Å². The van der Waals surface area contributed by atoms with Crippen LogP contribution >= 0.6 is 0 Å². The van der Waals surface area contributed by atoms with Gasteiger partial charge in [0.15, 0.2) is 5.82 Å². The summed E-state index contributed by atoms with van der Waals surface area (Å²) in [6, 6.07) is 24.7. The minimum atomic E-state index is -0.431. The highest BCUT2D eigenvalue weighted by Gasteiger charge is 2.34. The van der Waals surface area contributed by atoms with E-state index in [0.717, 1.165) is 33.8 Å². The number of hydrogen-bond donors (Lipinski definition) is 2. The normalized spacial score (nSPS) is 14.9. The molecular weight excluding hydrogens is 426 g/mol. The SMILES string of the molecule is COc1ccc(-c2nc3n(n2)C(c2cccc(C)c2)C(C(=O)Nc2ccccc2)=C(C)N3)cc1. The molecule has 2 N–H and O–H groups in total. The molecule has 2 heterocycles. The molecule has 7 heteroatoms. The van der Waals surface area contributed by atoms with Gasteiger partial charge in [-0.3, -0.25) is 4.79 Å². The molecule has 34 heavy (non-hydrogen) atoms. The van der Waals surface area contributed by atoms with Crippen LogP contribution in [0.15, 0.2) is 90.1 Å². The zero-order valence-corrected chi connectivity index (χ0v) is 19.2. The highest BCUT2D eigenvalue weighted by molar-refractivity contribution is 6.06. The molecule has 0 spiro atoms. The summed E-state index contributed by atoms with van der Waals surface area (Å²) in [5.41, 5.74) is 4.99. The fourth-order valence-electron chi connectivity index (χ4n) is 4.18. The Morgan fingerprint density at radius 1 is 1.00 bits per heavy atom. The van der Waals surface area contributed by atoms with Gasteiger partial charge in [0.2, 0.25) is 5.95 Å². The van der Waals surface area contributed by atoms with Crippen LogP contribution in [0.5, 0.6) is 5.75 Å². The Bertz CT molecular complexity index is 1370. The third kappa shape index (κ3) is 4.03. The van der Waals surface area contributed by atoms with Crippen LogP contribution in [0.4, 0.5) is 11.6 Å². The number of benzene rings is 3. The van der Waals surface area contributed by atoms with E-state index in [1.165, 1.54) is 0 Å². The first-order valence-corrected chi connectivity index (χ1v) is 11.0. The highest BCUT2D eigenvalue weighted by Crippen LogP contribution is 2.37. The van der Waals surface area contributed by atoms with Crippen molar-refractivity contribution in [2.45, 2.75) is 19.9 Å². The number of nitrogens with zero attached hydrogens (tertiary/aromatic N) is 3. The van der Waals surface area contributed by atoms with Gasteiger partial charge in [-0.05, 0) is 55.8 Å². The van der Waals surface area contributed by atoms with E-state index in [4.69, 9.17) is 14.8 Å². The monoisotopic (exact) mass is 451 g/mol. The van der Waals surface area contributed by atoms with Crippen LogP contribution in [0, 0.1) is 6.92 Å². The molecule has 5 rings (SSSR count). The van der Waals surface area contributed by atoms with Gasteiger partial charge in [0.25, 0.3) is 5.91 Å². The first kappa shape index (κ1) is 21.5. The van der Waals surface area contributed by atoms with E-state index in [0.29, 0.717) is 17.3 Å². The van der Waals surface area contributed by atoms with Crippen molar-refractivity contribution in [3.05, 3.63) is 101 Å². The maximum absolute atomic E-state index is 13.5. The predicted molar refractivity (Wildman–Crippen MR) is 133 cm³/mol. The van der Waals surface area contributed by atoms with Crippen molar-refractivity contribution in [3.63, 3.8) is 0 Å². The van der Waals surface area contributed by atoms with Crippen molar-refractivity contribution in [1.82, 2.24) is 14.8 Å². The second-order valence-electron chi connectivity index (χ2n) is 8.23. The van der Waals surface area contributed by atoms with Crippen LogP contribution in [0.1, 0.15) is 24.1 Å². The fraction of sp³-hybridized carbons (Fsp3) is 0.148. The summed E-state index contributed by atoms with van der Waals surface area (Å²) < 4.78 is 7.06. The van der Waals surface area contributed by atoms with Crippen molar-refractivity contribution < 1.29 is 9.53 Å². The van der Waals surface area contributed by atoms with Crippen molar-refractivity contribution in [1.29, 1.82) is 0 Å². The van der Waals surface area contributed by atoms with E-state index < -0.39 is 6.04 Å². The molecule has 1 amide bonds. The summed E-state index contributed by atoms with van der Waals surface area (Å²) in [5.74, 6) is 1.74. The largest absolute Gasteiger partial charge is 0.497 e. The molecule has 0 radical (unpaired) electrons. The molecule has 0 saturated heterocycles. The highest BCUT2D eigenvalue weighted by atomic mass is 16.5. The molecule has 1 atom stereocenters. The number of rotatable bonds is 5. The number of nitrogens with one attached hydrogen (secondary N) is 2. The number of allylic oxidation sites excluding steroid dienone is 1. The zero-order valence-electron chi connectivity index (χ0n) is 19.2. The van der Waals surface area contributed by atoms with Crippen LogP contribution in [0.2, 0.25) is 0 Å². The molecule has 0 fully saturated rings. The van der Waals surface area contributed by atoms with E-state index in [1.807, 2.05) is 86.6 Å². The molecule has 1 aliphatic rings. The number of carbonyl (C=O) groups is 1. The van der Waals surface area contributed by atoms with Gasteiger partial charge in [0.1, 0.15) is 11.8 Å². The number of aryl methyl sites for hydroxylation is 1. The second-order valence-corrected chi connectivity index (χ2v) is 8.23. The summed E-state index contributed by atoms with van der Waals surface area (Å²) >= 11 is 0. The summed E-state index contributed by atoms with van der Waals surface area (Å²) in [6.45, 7) is 3.93. The minimum absolute atomic E-state index is 0.185. The Morgan fingerprint density at radius 3 is 2.47 bits per heavy atom. The quantitative estimate of drug-likeness (QED) is 0.436. The van der Waals surface area contributed by atoms with Crippen LogP contribution in [0.25, 0.3) is 11.4 Å². The van der Waals surface area contributed by atoms with E-state index in [-0.39, 0.29) is 5.91 Å². The minimum Gasteiger partial charge on any atom is -0.497 e. The molecule has 170 valence electrons. The summed E-state index contributed by atoms with van der Waals surface area (Å²) in [5, 5.41) is 11.1. The Labute approximate surface area is 198 Å². The maximum Gasteiger partial charge on any atom is 0.255 e. The molecule has 3 aromatic carbocycles. The first-order valence-electron chi connectivity index (χ1n) is 11.0. The summed E-state index contributed by atoms with van der Waals surface area (Å²) in [4.78, 5) is 18.3. The number of hydrogen-bond acceptors (Lipinski definition) is 5. The third-order valence-electron chi connectivity index (χ3n) is 5.83. The van der Waals surface area contributed by atoms with E-state index in [2.05, 4.69) is 16.7 Å². The Hall–Kier alpha value is -4.39. The number of carbonyl (C=O) groups excluding carboxylic acids is 1. The average Bonchev–Trinajstić information content (AvgIpc) is 3.27. The maximum atomic E-state index is 13.5. The van der Waals surface area contributed by atoms with Gasteiger partial charge in [-0.2, -0.15) is 4.98 Å². The van der Waals surface area contributed by atoms with Gasteiger partial charge >= 0.3 is 0 Å². The van der Waals surface area contributed by atoms with Crippen LogP contribution in [-0.2, 0) is 4.79 Å². The molecule has 4 aromatic rings. The standard InChI is InChI=1S/C27H25N5O2/c1-17-8-7-9-20(16-17)24-23(26(33)29-21-10-5-4-6-11-21)18(2)28-27-30-25(31-32(24)27)19-12-14-22(34-3)15-13-19/h4-16,24H,1-3H3,(H,29,33)(H,28,30,31). The lowest BCUT2D eigenvalue weighted by Gasteiger charge is -2.29. The number of amides is 1. The van der Waals surface area contributed by atoms with E-state index in [1.54, 1.807) is 11.8 Å². The lowest BCUT2D eigenvalue weighted by molar-refractivity contribution is -0.113. The van der Waals surface area contributed by atoms with Crippen LogP contribution < -0.4 is 15.4 Å².